The predicted octanol–water partition coefficient (Wildman–Crippen LogP) is 1.86. The van der Waals surface area contributed by atoms with Crippen molar-refractivity contribution >= 4 is 26.7 Å². The number of nitrogens with one attached hydrogen (secondary N) is 1. The molecule has 1 aliphatic heterocycles. The highest BCUT2D eigenvalue weighted by molar-refractivity contribution is 7.92. The second-order valence-corrected chi connectivity index (χ2v) is 9.96. The highest BCUT2D eigenvalue weighted by Gasteiger charge is 2.40. The summed E-state index contributed by atoms with van der Waals surface area (Å²) in [6, 6.07) is 12.2. The quantitative estimate of drug-likeness (QED) is 0.656. The van der Waals surface area contributed by atoms with Crippen LogP contribution in [0.15, 0.2) is 41.4 Å². The van der Waals surface area contributed by atoms with Crippen molar-refractivity contribution in [1.29, 1.82) is 0 Å². The molecule has 0 spiro atoms. The zero-order valence-corrected chi connectivity index (χ0v) is 16.4. The Bertz CT molecular complexity index is 922. The molecule has 0 saturated carbocycles. The third kappa shape index (κ3) is 3.82. The van der Waals surface area contributed by atoms with Crippen molar-refractivity contribution in [1.82, 2.24) is 15.2 Å². The first kappa shape index (κ1) is 18.6. The molecule has 1 N–H and O–H groups in total. The van der Waals surface area contributed by atoms with Crippen molar-refractivity contribution in [2.45, 2.75) is 25.0 Å². The molecule has 0 unspecified atom stereocenters. The molecule has 2 heterocycles. The molecular weight excluding hydrogens is 348 g/mol. The van der Waals surface area contributed by atoms with Crippen LogP contribution in [0.2, 0.25) is 0 Å². The lowest BCUT2D eigenvalue weighted by molar-refractivity contribution is 0.353. The van der Waals surface area contributed by atoms with Crippen molar-refractivity contribution in [3.05, 3.63) is 42.1 Å². The Kier molecular flexibility index (Phi) is 5.18. The number of hydrogen-bond acceptors (Lipinski definition) is 4. The van der Waals surface area contributed by atoms with Crippen LogP contribution in [0.3, 0.4) is 0 Å². The minimum Gasteiger partial charge on any atom is -0.356 e. The minimum absolute atomic E-state index is 0.160. The van der Waals surface area contributed by atoms with Crippen molar-refractivity contribution < 1.29 is 8.42 Å². The molecule has 1 aromatic carbocycles. The molecule has 3 rings (SSSR count). The number of aliphatic imine (C=N–C) groups is 1. The summed E-state index contributed by atoms with van der Waals surface area (Å²) in [5, 5.41) is 4.48. The van der Waals surface area contributed by atoms with Crippen LogP contribution in [0.1, 0.15) is 19.5 Å². The van der Waals surface area contributed by atoms with E-state index in [-0.39, 0.29) is 5.75 Å². The second-order valence-electron chi connectivity index (χ2n) is 7.22. The third-order valence-electron chi connectivity index (χ3n) is 4.88. The lowest BCUT2D eigenvalue weighted by atomic mass is 10.2. The molecule has 1 aromatic heterocycles. The van der Waals surface area contributed by atoms with Crippen molar-refractivity contribution in [3.63, 3.8) is 0 Å². The maximum absolute atomic E-state index is 12.2. The fourth-order valence-corrected chi connectivity index (χ4v) is 4.57. The molecule has 1 fully saturated rings. The molecule has 0 amide bonds. The van der Waals surface area contributed by atoms with Crippen LogP contribution in [0.5, 0.6) is 0 Å². The van der Waals surface area contributed by atoms with Gasteiger partial charge < -0.3 is 10.2 Å². The van der Waals surface area contributed by atoms with E-state index in [1.54, 1.807) is 20.9 Å². The topological polar surface area (TPSA) is 74.7 Å². The van der Waals surface area contributed by atoms with Crippen LogP contribution in [0.4, 0.5) is 0 Å². The molecule has 140 valence electrons. The van der Waals surface area contributed by atoms with Gasteiger partial charge in [0.15, 0.2) is 15.8 Å². The molecule has 1 aliphatic rings. The SMILES string of the molecule is CN=C(NCCc1ccc2ccccc2n1)N1CCS(=O)(=O)C(C)(C)C1. The summed E-state index contributed by atoms with van der Waals surface area (Å²) in [6.07, 6.45) is 0.777. The van der Waals surface area contributed by atoms with Gasteiger partial charge in [0.25, 0.3) is 0 Å². The van der Waals surface area contributed by atoms with Gasteiger partial charge in [-0.05, 0) is 26.0 Å². The molecule has 0 bridgehead atoms. The van der Waals surface area contributed by atoms with Gasteiger partial charge in [0.1, 0.15) is 0 Å². The van der Waals surface area contributed by atoms with E-state index in [2.05, 4.69) is 27.4 Å². The number of para-hydroxylation sites is 1. The Morgan fingerprint density at radius 2 is 2.04 bits per heavy atom. The zero-order valence-electron chi connectivity index (χ0n) is 15.6. The fraction of sp³-hybridized carbons (Fsp3) is 0.474. The van der Waals surface area contributed by atoms with Gasteiger partial charge in [0.2, 0.25) is 0 Å². The van der Waals surface area contributed by atoms with Crippen LogP contribution in [-0.2, 0) is 16.3 Å². The predicted molar refractivity (Wildman–Crippen MR) is 106 cm³/mol. The van der Waals surface area contributed by atoms with Crippen LogP contribution >= 0.6 is 0 Å². The van der Waals surface area contributed by atoms with E-state index in [4.69, 9.17) is 0 Å². The van der Waals surface area contributed by atoms with Crippen LogP contribution in [-0.4, -0.2) is 61.4 Å². The van der Waals surface area contributed by atoms with E-state index in [0.717, 1.165) is 29.0 Å². The van der Waals surface area contributed by atoms with E-state index in [1.807, 2.05) is 29.2 Å². The van der Waals surface area contributed by atoms with Gasteiger partial charge >= 0.3 is 0 Å². The Morgan fingerprint density at radius 3 is 2.77 bits per heavy atom. The maximum atomic E-state index is 12.2. The van der Waals surface area contributed by atoms with Crippen molar-refractivity contribution in [2.75, 3.05) is 32.4 Å². The summed E-state index contributed by atoms with van der Waals surface area (Å²) in [5.41, 5.74) is 2.02. The summed E-state index contributed by atoms with van der Waals surface area (Å²) >= 11 is 0. The molecule has 0 radical (unpaired) electrons. The van der Waals surface area contributed by atoms with E-state index < -0.39 is 14.6 Å². The summed E-state index contributed by atoms with van der Waals surface area (Å²) in [6.45, 7) is 5.17. The standard InChI is InChI=1S/C19H26N4O2S/c1-19(2)14-23(12-13-26(19,24)25)18(20-3)21-11-10-16-9-8-15-6-4-5-7-17(15)22-16/h4-9H,10-14H2,1-3H3,(H,20,21). The monoisotopic (exact) mass is 374 g/mol. The Balaban J connectivity index is 1.61. The largest absolute Gasteiger partial charge is 0.356 e. The number of aromatic nitrogens is 1. The first-order valence-electron chi connectivity index (χ1n) is 8.85. The minimum atomic E-state index is -3.05. The molecule has 0 aliphatic carbocycles. The van der Waals surface area contributed by atoms with Gasteiger partial charge in [-0.1, -0.05) is 24.3 Å². The van der Waals surface area contributed by atoms with E-state index in [9.17, 15) is 8.42 Å². The average molecular weight is 375 g/mol. The molecular formula is C19H26N4O2S. The summed E-state index contributed by atoms with van der Waals surface area (Å²) < 4.78 is 23.6. The first-order valence-corrected chi connectivity index (χ1v) is 10.5. The lowest BCUT2D eigenvalue weighted by Crippen LogP contribution is -2.57. The number of fused-ring (bicyclic) bond motifs is 1. The molecule has 1 saturated heterocycles. The first-order chi connectivity index (χ1) is 12.3. The molecule has 0 atom stereocenters. The molecule has 6 nitrogen and oxygen atoms in total. The van der Waals surface area contributed by atoms with Gasteiger partial charge in [-0.15, -0.1) is 0 Å². The number of sulfone groups is 1. The summed E-state index contributed by atoms with van der Waals surface area (Å²) in [7, 11) is -1.33. The van der Waals surface area contributed by atoms with E-state index in [0.29, 0.717) is 19.6 Å². The fourth-order valence-electron chi connectivity index (χ4n) is 3.21. The van der Waals surface area contributed by atoms with Gasteiger partial charge in [-0.25, -0.2) is 8.42 Å². The van der Waals surface area contributed by atoms with E-state index >= 15 is 0 Å². The van der Waals surface area contributed by atoms with Gasteiger partial charge in [-0.2, -0.15) is 0 Å². The lowest BCUT2D eigenvalue weighted by Gasteiger charge is -2.39. The Labute approximate surface area is 155 Å². The average Bonchev–Trinajstić information content (AvgIpc) is 2.61. The Hall–Kier alpha value is -2.15. The molecule has 2 aromatic rings. The summed E-state index contributed by atoms with van der Waals surface area (Å²) in [5.74, 6) is 0.904. The smallest absolute Gasteiger partial charge is 0.193 e. The van der Waals surface area contributed by atoms with Gasteiger partial charge in [0, 0.05) is 44.2 Å². The molecule has 7 heteroatoms. The van der Waals surface area contributed by atoms with Crippen molar-refractivity contribution in [3.8, 4) is 0 Å². The number of hydrogen-bond donors (Lipinski definition) is 1. The molecule has 26 heavy (non-hydrogen) atoms. The highest BCUT2D eigenvalue weighted by Crippen LogP contribution is 2.23. The van der Waals surface area contributed by atoms with Gasteiger partial charge in [0.05, 0.1) is 16.0 Å². The number of benzene rings is 1. The number of rotatable bonds is 3. The number of pyridine rings is 1. The number of nitrogens with zero attached hydrogens (tertiary/aromatic N) is 3. The second kappa shape index (κ2) is 7.23. The Morgan fingerprint density at radius 1 is 1.27 bits per heavy atom. The highest BCUT2D eigenvalue weighted by atomic mass is 32.2. The van der Waals surface area contributed by atoms with E-state index in [1.165, 1.54) is 0 Å². The van der Waals surface area contributed by atoms with Gasteiger partial charge in [-0.3, -0.25) is 9.98 Å². The van der Waals surface area contributed by atoms with Crippen LogP contribution in [0.25, 0.3) is 10.9 Å². The third-order valence-corrected chi connectivity index (χ3v) is 7.41. The van der Waals surface area contributed by atoms with Crippen LogP contribution in [0, 0.1) is 0 Å². The summed E-state index contributed by atoms with van der Waals surface area (Å²) in [4.78, 5) is 11.0. The van der Waals surface area contributed by atoms with Crippen LogP contribution < -0.4 is 5.32 Å². The van der Waals surface area contributed by atoms with Crippen molar-refractivity contribution in [2.24, 2.45) is 4.99 Å². The maximum Gasteiger partial charge on any atom is 0.193 e. The number of guanidine groups is 1. The normalized spacial score (nSPS) is 19.5. The zero-order chi connectivity index (χ0) is 18.8.